The number of imidazole rings is 1. The maximum absolute atomic E-state index is 13.4. The minimum absolute atomic E-state index is 0.0574. The first-order chi connectivity index (χ1) is 16.3. The van der Waals surface area contributed by atoms with Crippen molar-refractivity contribution in [3.8, 4) is 17.2 Å². The van der Waals surface area contributed by atoms with E-state index >= 15 is 0 Å². The highest BCUT2D eigenvalue weighted by molar-refractivity contribution is 5.96. The molecule has 0 aliphatic rings. The fourth-order valence-electron chi connectivity index (χ4n) is 3.83. The van der Waals surface area contributed by atoms with Crippen molar-refractivity contribution in [1.82, 2.24) is 18.7 Å². The zero-order chi connectivity index (χ0) is 24.4. The highest BCUT2D eigenvalue weighted by Gasteiger charge is 2.21. The molecule has 34 heavy (non-hydrogen) atoms. The van der Waals surface area contributed by atoms with Crippen LogP contribution < -0.4 is 20.7 Å². The summed E-state index contributed by atoms with van der Waals surface area (Å²) in [6, 6.07) is 13.7. The van der Waals surface area contributed by atoms with Crippen molar-refractivity contribution >= 4 is 16.9 Å². The van der Waals surface area contributed by atoms with Crippen molar-refractivity contribution in [2.24, 2.45) is 5.92 Å². The second-order valence-corrected chi connectivity index (χ2v) is 8.33. The number of ketones is 1. The van der Waals surface area contributed by atoms with Crippen LogP contribution in [0.25, 0.3) is 16.9 Å². The molecule has 0 saturated heterocycles. The monoisotopic (exact) mass is 462 g/mol. The zero-order valence-electron chi connectivity index (χ0n) is 19.5. The molecule has 0 aliphatic carbocycles. The fourth-order valence-corrected chi connectivity index (χ4v) is 3.83. The van der Waals surface area contributed by atoms with Gasteiger partial charge in [-0.15, -0.1) is 0 Å². The Kier molecular flexibility index (Phi) is 6.36. The number of carbonyl (C=O) groups is 1. The molecule has 2 aromatic carbocycles. The molecule has 0 N–H and O–H groups in total. The lowest BCUT2D eigenvalue weighted by Crippen LogP contribution is -2.41. The van der Waals surface area contributed by atoms with Gasteiger partial charge in [-0.05, 0) is 42.3 Å². The Labute approximate surface area is 195 Å². The summed E-state index contributed by atoms with van der Waals surface area (Å²) in [6.07, 6.45) is 1.42. The molecular formula is C25H26N4O5. The Morgan fingerprint density at radius 3 is 2.35 bits per heavy atom. The van der Waals surface area contributed by atoms with E-state index in [9.17, 15) is 14.4 Å². The average molecular weight is 463 g/mol. The van der Waals surface area contributed by atoms with E-state index < -0.39 is 11.2 Å². The van der Waals surface area contributed by atoms with Crippen molar-refractivity contribution < 1.29 is 14.3 Å². The van der Waals surface area contributed by atoms with Gasteiger partial charge in [-0.2, -0.15) is 0 Å². The first kappa shape index (κ1) is 23.0. The molecule has 0 atom stereocenters. The number of carbonyl (C=O) groups excluding carboxylic acids is 1. The Bertz CT molecular complexity index is 1460. The van der Waals surface area contributed by atoms with Crippen LogP contribution in [0.2, 0.25) is 0 Å². The highest BCUT2D eigenvalue weighted by atomic mass is 16.5. The molecule has 0 fully saturated rings. The summed E-state index contributed by atoms with van der Waals surface area (Å²) in [4.78, 5) is 44.1. The number of Topliss-reactive ketones (excluding diaryl/α,β-unsaturated/α-hetero) is 1. The van der Waals surface area contributed by atoms with E-state index in [-0.39, 0.29) is 36.0 Å². The van der Waals surface area contributed by atoms with Gasteiger partial charge in [0.2, 0.25) is 0 Å². The smallest absolute Gasteiger partial charge is 0.337 e. The molecule has 0 unspecified atom stereocenters. The molecule has 0 amide bonds. The van der Waals surface area contributed by atoms with Crippen LogP contribution in [0.1, 0.15) is 24.2 Å². The number of fused-ring (bicyclic) bond motifs is 1. The molecular weight excluding hydrogens is 436 g/mol. The molecule has 0 aliphatic heterocycles. The SMILES string of the molecule is COc1ccc(-n2c(=O)n(CC(C)C)c(=O)c3c2ncn3CC(=O)c2cccc(OC)c2)cc1. The second-order valence-electron chi connectivity index (χ2n) is 8.33. The van der Waals surface area contributed by atoms with Crippen molar-refractivity contribution in [3.63, 3.8) is 0 Å². The van der Waals surface area contributed by atoms with Crippen molar-refractivity contribution in [2.75, 3.05) is 14.2 Å². The Balaban J connectivity index is 1.89. The lowest BCUT2D eigenvalue weighted by Gasteiger charge is -2.14. The summed E-state index contributed by atoms with van der Waals surface area (Å²) >= 11 is 0. The normalized spacial score (nSPS) is 11.2. The Hall–Kier alpha value is -4.14. The van der Waals surface area contributed by atoms with Crippen molar-refractivity contribution in [2.45, 2.75) is 26.9 Å². The number of benzene rings is 2. The molecule has 0 spiro atoms. The Morgan fingerprint density at radius 1 is 1.00 bits per heavy atom. The van der Waals surface area contributed by atoms with Crippen molar-refractivity contribution in [1.29, 1.82) is 0 Å². The molecule has 0 radical (unpaired) electrons. The highest BCUT2D eigenvalue weighted by Crippen LogP contribution is 2.18. The topological polar surface area (TPSA) is 97.4 Å². The largest absolute Gasteiger partial charge is 0.497 e. The van der Waals surface area contributed by atoms with Crippen LogP contribution >= 0.6 is 0 Å². The number of nitrogens with zero attached hydrogens (tertiary/aromatic N) is 4. The molecule has 9 nitrogen and oxygen atoms in total. The molecule has 2 heterocycles. The maximum Gasteiger partial charge on any atom is 0.337 e. The van der Waals surface area contributed by atoms with E-state index in [1.54, 1.807) is 55.6 Å². The van der Waals surface area contributed by atoms with Crippen LogP contribution in [0.3, 0.4) is 0 Å². The van der Waals surface area contributed by atoms with E-state index in [1.807, 2.05) is 13.8 Å². The summed E-state index contributed by atoms with van der Waals surface area (Å²) in [7, 11) is 3.09. The van der Waals surface area contributed by atoms with Gasteiger partial charge in [0.25, 0.3) is 5.56 Å². The number of hydrogen-bond donors (Lipinski definition) is 0. The fraction of sp³-hybridized carbons (Fsp3) is 0.280. The number of rotatable bonds is 8. The van der Waals surface area contributed by atoms with Crippen molar-refractivity contribution in [3.05, 3.63) is 81.3 Å². The third-order valence-corrected chi connectivity index (χ3v) is 5.48. The van der Waals surface area contributed by atoms with E-state index in [2.05, 4.69) is 4.98 Å². The Morgan fingerprint density at radius 2 is 1.71 bits per heavy atom. The van der Waals surface area contributed by atoms with Gasteiger partial charge < -0.3 is 14.0 Å². The molecule has 2 aromatic heterocycles. The molecule has 0 bridgehead atoms. The molecule has 4 aromatic rings. The zero-order valence-corrected chi connectivity index (χ0v) is 19.5. The van der Waals surface area contributed by atoms with Crippen LogP contribution in [0.5, 0.6) is 11.5 Å². The van der Waals surface area contributed by atoms with E-state index in [4.69, 9.17) is 9.47 Å². The lowest BCUT2D eigenvalue weighted by molar-refractivity contribution is 0.0973. The summed E-state index contributed by atoms with van der Waals surface area (Å²) < 4.78 is 14.5. The van der Waals surface area contributed by atoms with Gasteiger partial charge in [-0.1, -0.05) is 26.0 Å². The van der Waals surface area contributed by atoms with E-state index in [0.29, 0.717) is 22.7 Å². The van der Waals surface area contributed by atoms with E-state index in [0.717, 1.165) is 0 Å². The number of aromatic nitrogens is 4. The average Bonchev–Trinajstić information content (AvgIpc) is 3.25. The minimum Gasteiger partial charge on any atom is -0.497 e. The first-order valence-electron chi connectivity index (χ1n) is 10.9. The third-order valence-electron chi connectivity index (χ3n) is 5.48. The van der Waals surface area contributed by atoms with Gasteiger partial charge in [0.05, 0.1) is 32.8 Å². The first-order valence-corrected chi connectivity index (χ1v) is 10.9. The predicted molar refractivity (Wildman–Crippen MR) is 128 cm³/mol. The van der Waals surface area contributed by atoms with Gasteiger partial charge in [0, 0.05) is 12.1 Å². The van der Waals surface area contributed by atoms with Gasteiger partial charge in [0.15, 0.2) is 16.9 Å². The minimum atomic E-state index is -0.485. The predicted octanol–water partition coefficient (Wildman–Crippen LogP) is 2.91. The van der Waals surface area contributed by atoms with Gasteiger partial charge in [-0.3, -0.25) is 14.2 Å². The van der Waals surface area contributed by atoms with Crippen LogP contribution in [-0.4, -0.2) is 38.7 Å². The number of hydrogen-bond acceptors (Lipinski definition) is 6. The molecule has 0 saturated carbocycles. The lowest BCUT2D eigenvalue weighted by atomic mass is 10.1. The third kappa shape index (κ3) is 4.24. The summed E-state index contributed by atoms with van der Waals surface area (Å²) in [5.74, 6) is 1.05. The number of methoxy groups -OCH3 is 2. The molecule has 176 valence electrons. The summed E-state index contributed by atoms with van der Waals surface area (Å²) in [5.41, 5.74) is 0.408. The second kappa shape index (κ2) is 9.38. The van der Waals surface area contributed by atoms with Crippen LogP contribution in [-0.2, 0) is 13.1 Å². The maximum atomic E-state index is 13.4. The van der Waals surface area contributed by atoms with E-state index in [1.165, 1.54) is 27.1 Å². The van der Waals surface area contributed by atoms with Gasteiger partial charge >= 0.3 is 5.69 Å². The van der Waals surface area contributed by atoms with Gasteiger partial charge in [0.1, 0.15) is 11.5 Å². The summed E-state index contributed by atoms with van der Waals surface area (Å²) in [5, 5.41) is 0. The quantitative estimate of drug-likeness (QED) is 0.374. The summed E-state index contributed by atoms with van der Waals surface area (Å²) in [6.45, 7) is 3.98. The standard InChI is InChI=1S/C25H26N4O5/c1-16(2)13-28-24(31)22-23(29(25(28)32)18-8-10-19(33-3)11-9-18)26-15-27(22)14-21(30)17-6-5-7-20(12-17)34-4/h5-12,15-16H,13-14H2,1-4H3. The van der Waals surface area contributed by atoms with Gasteiger partial charge in [-0.25, -0.2) is 14.3 Å². The van der Waals surface area contributed by atoms with Crippen LogP contribution in [0.4, 0.5) is 0 Å². The van der Waals surface area contributed by atoms with Crippen LogP contribution in [0, 0.1) is 5.92 Å². The van der Waals surface area contributed by atoms with Crippen LogP contribution in [0.15, 0.2) is 64.4 Å². The molecule has 9 heteroatoms. The number of ether oxygens (including phenoxy) is 2. The molecule has 4 rings (SSSR count).